The van der Waals surface area contributed by atoms with Crippen LogP contribution in [0, 0.1) is 0 Å². The molecule has 17 heavy (non-hydrogen) atoms. The van der Waals surface area contributed by atoms with Gasteiger partial charge in [0.25, 0.3) is 10.1 Å². The van der Waals surface area contributed by atoms with Gasteiger partial charge in [-0.1, -0.05) is 12.8 Å². The molecule has 0 bridgehead atoms. The number of nitrogens with one attached hydrogen (secondary N) is 1. The van der Waals surface area contributed by atoms with Gasteiger partial charge in [-0.15, -0.1) is 0 Å². The Morgan fingerprint density at radius 3 is 1.82 bits per heavy atom. The summed E-state index contributed by atoms with van der Waals surface area (Å²) in [4.78, 5) is 0. The first-order chi connectivity index (χ1) is 7.62. The molecule has 106 valence electrons. The van der Waals surface area contributed by atoms with Crippen molar-refractivity contribution in [2.75, 3.05) is 19.8 Å². The van der Waals surface area contributed by atoms with E-state index in [2.05, 4.69) is 5.32 Å². The number of rotatable bonds is 6. The third-order valence-electron chi connectivity index (χ3n) is 1.61. The zero-order chi connectivity index (χ0) is 13.9. The minimum atomic E-state index is -4.14. The standard InChI is InChI=1S/C7H13F3O3S.C2H7N/c8-7(9,10)5-3-1-2-4-6-14(11,12)13;1-3-2/h1-6H2,(H,11,12,13);3H,1-2H3. The fourth-order valence-electron chi connectivity index (χ4n) is 0.963. The van der Waals surface area contributed by atoms with Crippen molar-refractivity contribution >= 4 is 10.1 Å². The number of halogens is 3. The molecule has 0 aliphatic rings. The van der Waals surface area contributed by atoms with Gasteiger partial charge in [-0.3, -0.25) is 4.55 Å². The van der Waals surface area contributed by atoms with E-state index in [1.54, 1.807) is 0 Å². The van der Waals surface area contributed by atoms with E-state index in [9.17, 15) is 21.6 Å². The molecule has 0 aliphatic carbocycles. The molecule has 0 heterocycles. The van der Waals surface area contributed by atoms with Crippen LogP contribution in [0.25, 0.3) is 0 Å². The lowest BCUT2D eigenvalue weighted by Gasteiger charge is -2.04. The van der Waals surface area contributed by atoms with Gasteiger partial charge in [0.15, 0.2) is 0 Å². The maximum atomic E-state index is 11.6. The summed E-state index contributed by atoms with van der Waals surface area (Å²) in [7, 11) is -0.212. The van der Waals surface area contributed by atoms with Gasteiger partial charge in [-0.25, -0.2) is 0 Å². The molecular formula is C9H20F3NO3S. The van der Waals surface area contributed by atoms with Crippen LogP contribution in [0.3, 0.4) is 0 Å². The van der Waals surface area contributed by atoms with Gasteiger partial charge in [0.1, 0.15) is 0 Å². The van der Waals surface area contributed by atoms with Gasteiger partial charge in [0.05, 0.1) is 5.75 Å². The fraction of sp³-hybridized carbons (Fsp3) is 1.00. The Kier molecular flexibility index (Phi) is 10.8. The topological polar surface area (TPSA) is 66.4 Å². The van der Waals surface area contributed by atoms with Gasteiger partial charge >= 0.3 is 6.18 Å². The first kappa shape index (κ1) is 19.0. The van der Waals surface area contributed by atoms with Crippen molar-refractivity contribution in [3.8, 4) is 0 Å². The average Bonchev–Trinajstić information content (AvgIpc) is 2.09. The highest BCUT2D eigenvalue weighted by atomic mass is 32.2. The van der Waals surface area contributed by atoms with Crippen LogP contribution in [-0.2, 0) is 10.1 Å². The quantitative estimate of drug-likeness (QED) is 0.578. The molecule has 0 unspecified atom stereocenters. The lowest BCUT2D eigenvalue weighted by atomic mass is 10.1. The van der Waals surface area contributed by atoms with Crippen LogP contribution >= 0.6 is 0 Å². The predicted molar refractivity (Wildman–Crippen MR) is 60.5 cm³/mol. The number of hydrogen-bond donors (Lipinski definition) is 2. The van der Waals surface area contributed by atoms with Crippen molar-refractivity contribution in [3.05, 3.63) is 0 Å². The summed E-state index contributed by atoms with van der Waals surface area (Å²) >= 11 is 0. The Bertz CT molecular complexity index is 265. The smallest absolute Gasteiger partial charge is 0.323 e. The monoisotopic (exact) mass is 279 g/mol. The fourth-order valence-corrected chi connectivity index (χ4v) is 1.53. The minimum absolute atomic E-state index is 0.00890. The molecule has 2 N–H and O–H groups in total. The van der Waals surface area contributed by atoms with E-state index in [4.69, 9.17) is 4.55 Å². The SMILES string of the molecule is CNC.O=S(=O)(O)CCCCCCC(F)(F)F. The molecule has 4 nitrogen and oxygen atoms in total. The summed E-state index contributed by atoms with van der Waals surface area (Å²) in [5.74, 6) is -0.376. The Balaban J connectivity index is 0. The summed E-state index contributed by atoms with van der Waals surface area (Å²) < 4.78 is 63.5. The lowest BCUT2D eigenvalue weighted by Crippen LogP contribution is -2.07. The Morgan fingerprint density at radius 1 is 1.06 bits per heavy atom. The number of hydrogen-bond acceptors (Lipinski definition) is 3. The van der Waals surface area contributed by atoms with Crippen molar-refractivity contribution in [3.63, 3.8) is 0 Å². The molecule has 0 saturated heterocycles. The van der Waals surface area contributed by atoms with Gasteiger partial charge in [0.2, 0.25) is 0 Å². The van der Waals surface area contributed by atoms with Gasteiger partial charge in [-0.2, -0.15) is 21.6 Å². The third-order valence-corrected chi connectivity index (χ3v) is 2.42. The molecule has 0 aliphatic heterocycles. The summed E-state index contributed by atoms with van der Waals surface area (Å²) in [5.41, 5.74) is 0. The maximum absolute atomic E-state index is 11.6. The van der Waals surface area contributed by atoms with Gasteiger partial charge in [-0.05, 0) is 26.9 Å². The maximum Gasteiger partial charge on any atom is 0.389 e. The first-order valence-electron chi connectivity index (χ1n) is 5.23. The normalized spacial score (nSPS) is 11.9. The van der Waals surface area contributed by atoms with Crippen LogP contribution in [0.5, 0.6) is 0 Å². The van der Waals surface area contributed by atoms with Crippen LogP contribution in [-0.4, -0.2) is 39.0 Å². The van der Waals surface area contributed by atoms with Crippen LogP contribution in [0.4, 0.5) is 13.2 Å². The van der Waals surface area contributed by atoms with Crippen molar-refractivity contribution in [1.82, 2.24) is 5.32 Å². The largest absolute Gasteiger partial charge is 0.389 e. The van der Waals surface area contributed by atoms with Crippen molar-refractivity contribution < 1.29 is 26.1 Å². The van der Waals surface area contributed by atoms with Crippen LogP contribution in [0.1, 0.15) is 32.1 Å². The molecule has 0 aromatic heterocycles. The summed E-state index contributed by atoms with van der Waals surface area (Å²) in [6.07, 6.45) is -4.04. The molecule has 0 saturated carbocycles. The molecule has 0 spiro atoms. The molecule has 0 radical (unpaired) electrons. The molecular weight excluding hydrogens is 259 g/mol. The highest BCUT2D eigenvalue weighted by molar-refractivity contribution is 7.85. The Hall–Kier alpha value is -0.340. The van der Waals surface area contributed by atoms with E-state index in [-0.39, 0.29) is 18.6 Å². The summed E-state index contributed by atoms with van der Waals surface area (Å²) in [6.45, 7) is 0. The van der Waals surface area contributed by atoms with E-state index in [1.807, 2.05) is 14.1 Å². The highest BCUT2D eigenvalue weighted by Crippen LogP contribution is 2.22. The molecule has 0 aromatic rings. The first-order valence-corrected chi connectivity index (χ1v) is 6.83. The molecule has 0 aromatic carbocycles. The van der Waals surface area contributed by atoms with Crippen LogP contribution in [0.2, 0.25) is 0 Å². The van der Waals surface area contributed by atoms with E-state index >= 15 is 0 Å². The minimum Gasteiger partial charge on any atom is -0.323 e. The highest BCUT2D eigenvalue weighted by Gasteiger charge is 2.25. The Morgan fingerprint density at radius 2 is 1.47 bits per heavy atom. The molecule has 0 fully saturated rings. The van der Waals surface area contributed by atoms with E-state index in [1.165, 1.54) is 0 Å². The zero-order valence-electron chi connectivity index (χ0n) is 10.0. The van der Waals surface area contributed by atoms with Crippen molar-refractivity contribution in [2.45, 2.75) is 38.3 Å². The van der Waals surface area contributed by atoms with Gasteiger partial charge in [0, 0.05) is 6.42 Å². The van der Waals surface area contributed by atoms with E-state index < -0.39 is 22.7 Å². The summed E-state index contributed by atoms with van der Waals surface area (Å²) in [6, 6.07) is 0. The second-order valence-corrected chi connectivity index (χ2v) is 5.14. The van der Waals surface area contributed by atoms with Crippen molar-refractivity contribution in [2.24, 2.45) is 0 Å². The summed E-state index contributed by atoms with van der Waals surface area (Å²) in [5, 5.41) is 2.75. The number of alkyl halides is 3. The van der Waals surface area contributed by atoms with E-state index in [0.717, 1.165) is 0 Å². The predicted octanol–water partition coefficient (Wildman–Crippen LogP) is 2.22. The molecule has 0 rings (SSSR count). The van der Waals surface area contributed by atoms with Gasteiger partial charge < -0.3 is 5.32 Å². The third kappa shape index (κ3) is 25.7. The van der Waals surface area contributed by atoms with E-state index in [0.29, 0.717) is 12.8 Å². The van der Waals surface area contributed by atoms with Crippen LogP contribution < -0.4 is 5.32 Å². The zero-order valence-corrected chi connectivity index (χ0v) is 10.9. The van der Waals surface area contributed by atoms with Crippen molar-refractivity contribution in [1.29, 1.82) is 0 Å². The molecule has 0 amide bonds. The molecule has 0 atom stereocenters. The second-order valence-electron chi connectivity index (χ2n) is 3.57. The number of unbranched alkanes of at least 4 members (excludes halogenated alkanes) is 3. The van der Waals surface area contributed by atoms with Crippen LogP contribution in [0.15, 0.2) is 0 Å². The average molecular weight is 279 g/mol. The lowest BCUT2D eigenvalue weighted by molar-refractivity contribution is -0.135. The Labute approximate surface area is 100 Å². The second kappa shape index (κ2) is 9.67. The molecule has 8 heteroatoms.